The summed E-state index contributed by atoms with van der Waals surface area (Å²) in [5.41, 5.74) is 1.45. The van der Waals surface area contributed by atoms with Gasteiger partial charge in [0.2, 0.25) is 0 Å². The maximum Gasteiger partial charge on any atom is 0.170 e. The lowest BCUT2D eigenvalue weighted by Gasteiger charge is -2.08. The summed E-state index contributed by atoms with van der Waals surface area (Å²) in [6.07, 6.45) is 0. The second-order valence-corrected chi connectivity index (χ2v) is 3.77. The van der Waals surface area contributed by atoms with Crippen molar-refractivity contribution in [1.82, 2.24) is 5.32 Å². The maximum atomic E-state index is 8.65. The van der Waals surface area contributed by atoms with Crippen LogP contribution in [0.25, 0.3) is 0 Å². The van der Waals surface area contributed by atoms with Gasteiger partial charge in [-0.05, 0) is 46.3 Å². The molecule has 1 aromatic carbocycles. The van der Waals surface area contributed by atoms with Gasteiger partial charge < -0.3 is 10.6 Å². The fourth-order valence-corrected chi connectivity index (χ4v) is 1.46. The third-order valence-corrected chi connectivity index (χ3v) is 2.54. The number of nitrogens with one attached hydrogen (secondary N) is 2. The van der Waals surface area contributed by atoms with Gasteiger partial charge in [0.15, 0.2) is 5.11 Å². The van der Waals surface area contributed by atoms with E-state index in [2.05, 4.69) is 32.6 Å². The lowest BCUT2D eigenvalue weighted by molar-refractivity contribution is 1.19. The van der Waals surface area contributed by atoms with Gasteiger partial charge in [-0.25, -0.2) is 0 Å². The number of anilines is 1. The second kappa shape index (κ2) is 4.94. The number of nitrogens with zero attached hydrogens (tertiary/aromatic N) is 1. The molecule has 1 rings (SSSR count). The first kappa shape index (κ1) is 11.0. The monoisotopic (exact) mass is 269 g/mol. The van der Waals surface area contributed by atoms with Gasteiger partial charge in [-0.15, -0.1) is 0 Å². The van der Waals surface area contributed by atoms with Crippen molar-refractivity contribution < 1.29 is 0 Å². The van der Waals surface area contributed by atoms with Crippen molar-refractivity contribution in [2.75, 3.05) is 12.4 Å². The Hall–Kier alpha value is -1.12. The average molecular weight is 270 g/mol. The molecule has 72 valence electrons. The number of hydrogen-bond acceptors (Lipinski definition) is 2. The summed E-state index contributed by atoms with van der Waals surface area (Å²) in [6, 6.07) is 7.32. The van der Waals surface area contributed by atoms with Gasteiger partial charge in [-0.2, -0.15) is 5.26 Å². The molecule has 0 fully saturated rings. The van der Waals surface area contributed by atoms with E-state index in [0.29, 0.717) is 10.7 Å². The van der Waals surface area contributed by atoms with Crippen LogP contribution in [0.1, 0.15) is 5.56 Å². The molecule has 0 aliphatic rings. The first-order valence-electron chi connectivity index (χ1n) is 3.85. The van der Waals surface area contributed by atoms with E-state index in [1.807, 2.05) is 0 Å². The third kappa shape index (κ3) is 2.69. The number of benzene rings is 1. The molecule has 0 saturated heterocycles. The number of thiocarbonyl (C=S) groups is 1. The van der Waals surface area contributed by atoms with E-state index in [9.17, 15) is 0 Å². The van der Waals surface area contributed by atoms with Gasteiger partial charge in [0.1, 0.15) is 0 Å². The van der Waals surface area contributed by atoms with Crippen molar-refractivity contribution in [3.63, 3.8) is 0 Å². The SMILES string of the molecule is CNC(=S)Nc1ccc(C#N)cc1Br. The smallest absolute Gasteiger partial charge is 0.170 e. The van der Waals surface area contributed by atoms with E-state index in [1.54, 1.807) is 25.2 Å². The molecular weight excluding hydrogens is 262 g/mol. The van der Waals surface area contributed by atoms with Crippen molar-refractivity contribution in [3.05, 3.63) is 28.2 Å². The fraction of sp³-hybridized carbons (Fsp3) is 0.111. The molecule has 3 nitrogen and oxygen atoms in total. The summed E-state index contributed by atoms with van der Waals surface area (Å²) in [4.78, 5) is 0. The molecule has 1 aromatic rings. The Kier molecular flexibility index (Phi) is 3.86. The van der Waals surface area contributed by atoms with Crippen LogP contribution in [0.5, 0.6) is 0 Å². The first-order valence-corrected chi connectivity index (χ1v) is 5.06. The van der Waals surface area contributed by atoms with Crippen LogP contribution in [0, 0.1) is 11.3 Å². The summed E-state index contributed by atoms with van der Waals surface area (Å²) in [7, 11) is 1.74. The summed E-state index contributed by atoms with van der Waals surface area (Å²) < 4.78 is 0.814. The Labute approximate surface area is 96.2 Å². The van der Waals surface area contributed by atoms with Crippen LogP contribution in [0.4, 0.5) is 5.69 Å². The lowest BCUT2D eigenvalue weighted by atomic mass is 10.2. The van der Waals surface area contributed by atoms with E-state index in [1.165, 1.54) is 0 Å². The summed E-state index contributed by atoms with van der Waals surface area (Å²) in [6.45, 7) is 0. The van der Waals surface area contributed by atoms with Crippen LogP contribution in [-0.4, -0.2) is 12.2 Å². The van der Waals surface area contributed by atoms with Crippen LogP contribution in [-0.2, 0) is 0 Å². The van der Waals surface area contributed by atoms with E-state index < -0.39 is 0 Å². The maximum absolute atomic E-state index is 8.65. The van der Waals surface area contributed by atoms with Gasteiger partial charge in [0.05, 0.1) is 17.3 Å². The average Bonchev–Trinajstić information content (AvgIpc) is 2.20. The Bertz CT molecular complexity index is 398. The van der Waals surface area contributed by atoms with Crippen LogP contribution in [0.15, 0.2) is 22.7 Å². The van der Waals surface area contributed by atoms with Crippen LogP contribution in [0.2, 0.25) is 0 Å². The first-order chi connectivity index (χ1) is 6.67. The molecule has 0 unspecified atom stereocenters. The zero-order valence-electron chi connectivity index (χ0n) is 7.47. The standard InChI is InChI=1S/C9H8BrN3S/c1-12-9(14)13-8-3-2-6(5-11)4-7(8)10/h2-4H,1H3,(H2,12,13,14). The zero-order chi connectivity index (χ0) is 10.6. The third-order valence-electron chi connectivity index (χ3n) is 1.57. The van der Waals surface area contributed by atoms with Gasteiger partial charge in [-0.1, -0.05) is 0 Å². The number of hydrogen-bond donors (Lipinski definition) is 2. The minimum Gasteiger partial charge on any atom is -0.366 e. The van der Waals surface area contributed by atoms with Crippen LogP contribution >= 0.6 is 28.1 Å². The highest BCUT2D eigenvalue weighted by molar-refractivity contribution is 9.10. The number of rotatable bonds is 1. The van der Waals surface area contributed by atoms with Crippen molar-refractivity contribution in [3.8, 4) is 6.07 Å². The number of nitriles is 1. The molecule has 0 amide bonds. The minimum absolute atomic E-state index is 0.537. The largest absolute Gasteiger partial charge is 0.366 e. The Balaban J connectivity index is 2.90. The van der Waals surface area contributed by atoms with Crippen molar-refractivity contribution in [2.24, 2.45) is 0 Å². The molecule has 5 heteroatoms. The van der Waals surface area contributed by atoms with Gasteiger partial charge in [0, 0.05) is 11.5 Å². The minimum atomic E-state index is 0.537. The van der Waals surface area contributed by atoms with Crippen molar-refractivity contribution >= 4 is 38.9 Å². The molecule has 0 radical (unpaired) electrons. The van der Waals surface area contributed by atoms with Crippen LogP contribution in [0.3, 0.4) is 0 Å². The second-order valence-electron chi connectivity index (χ2n) is 2.51. The molecule has 0 atom stereocenters. The molecule has 0 heterocycles. The molecule has 0 spiro atoms. The number of halogens is 1. The van der Waals surface area contributed by atoms with E-state index >= 15 is 0 Å². The van der Waals surface area contributed by atoms with Crippen molar-refractivity contribution in [1.29, 1.82) is 5.26 Å². The summed E-state index contributed by atoms with van der Waals surface area (Å²) >= 11 is 8.29. The highest BCUT2D eigenvalue weighted by Crippen LogP contribution is 2.23. The van der Waals surface area contributed by atoms with Crippen molar-refractivity contribution in [2.45, 2.75) is 0 Å². The van der Waals surface area contributed by atoms with E-state index in [-0.39, 0.29) is 0 Å². The topological polar surface area (TPSA) is 47.8 Å². The van der Waals surface area contributed by atoms with Gasteiger partial charge in [0.25, 0.3) is 0 Å². The molecule has 0 aromatic heterocycles. The zero-order valence-corrected chi connectivity index (χ0v) is 9.87. The highest BCUT2D eigenvalue weighted by atomic mass is 79.9. The molecule has 0 aliphatic carbocycles. The molecule has 0 bridgehead atoms. The predicted octanol–water partition coefficient (Wildman–Crippen LogP) is 2.24. The normalized spacial score (nSPS) is 8.93. The Morgan fingerprint density at radius 1 is 1.57 bits per heavy atom. The molecule has 14 heavy (non-hydrogen) atoms. The van der Waals surface area contributed by atoms with Crippen LogP contribution < -0.4 is 10.6 Å². The highest BCUT2D eigenvalue weighted by Gasteiger charge is 2.01. The Morgan fingerprint density at radius 2 is 2.29 bits per heavy atom. The van der Waals surface area contributed by atoms with Gasteiger partial charge in [-0.3, -0.25) is 0 Å². The summed E-state index contributed by atoms with van der Waals surface area (Å²) in [5, 5.41) is 15.0. The quantitative estimate of drug-likeness (QED) is 0.768. The molecule has 0 aliphatic heterocycles. The molecule has 0 saturated carbocycles. The van der Waals surface area contributed by atoms with E-state index in [4.69, 9.17) is 17.5 Å². The predicted molar refractivity (Wildman–Crippen MR) is 64.1 cm³/mol. The fourth-order valence-electron chi connectivity index (χ4n) is 0.871. The van der Waals surface area contributed by atoms with E-state index in [0.717, 1.165) is 10.2 Å². The Morgan fingerprint density at radius 3 is 2.79 bits per heavy atom. The lowest BCUT2D eigenvalue weighted by Crippen LogP contribution is -2.24. The molecular formula is C9H8BrN3S. The van der Waals surface area contributed by atoms with Gasteiger partial charge >= 0.3 is 0 Å². The molecule has 2 N–H and O–H groups in total. The summed E-state index contributed by atoms with van der Waals surface area (Å²) in [5.74, 6) is 0.